The Bertz CT molecular complexity index is 340. The molecule has 0 saturated carbocycles. The van der Waals surface area contributed by atoms with Gasteiger partial charge in [-0.05, 0) is 38.6 Å². The molecule has 3 heteroatoms. The maximum atomic E-state index is 13.4. The standard InChI is InChI=1S/C12H16FNO/c1-14-7-3-4-9-8-10-11(13)5-2-6-12(10)15-9/h2,5-6,9,14H,3-4,7-8H2,1H3. The first-order valence-electron chi connectivity index (χ1n) is 5.40. The Labute approximate surface area is 89.4 Å². The van der Waals surface area contributed by atoms with E-state index in [0.29, 0.717) is 6.42 Å². The number of benzene rings is 1. The minimum atomic E-state index is -0.136. The van der Waals surface area contributed by atoms with Gasteiger partial charge in [-0.1, -0.05) is 6.07 Å². The molecule has 0 fully saturated rings. The molecule has 0 radical (unpaired) electrons. The smallest absolute Gasteiger partial charge is 0.130 e. The van der Waals surface area contributed by atoms with Crippen LogP contribution < -0.4 is 10.1 Å². The average molecular weight is 209 g/mol. The van der Waals surface area contributed by atoms with Crippen molar-refractivity contribution in [3.05, 3.63) is 29.6 Å². The molecule has 1 N–H and O–H groups in total. The van der Waals surface area contributed by atoms with Gasteiger partial charge in [0.1, 0.15) is 17.7 Å². The fraction of sp³-hybridized carbons (Fsp3) is 0.500. The number of ether oxygens (including phenoxy) is 1. The molecule has 1 aliphatic rings. The normalized spacial score (nSPS) is 18.7. The van der Waals surface area contributed by atoms with Crippen LogP contribution >= 0.6 is 0 Å². The lowest BCUT2D eigenvalue weighted by Gasteiger charge is -2.09. The summed E-state index contributed by atoms with van der Waals surface area (Å²) in [6.45, 7) is 0.985. The molecule has 1 atom stereocenters. The van der Waals surface area contributed by atoms with Crippen LogP contribution in [0.25, 0.3) is 0 Å². The predicted molar refractivity (Wildman–Crippen MR) is 57.7 cm³/mol. The summed E-state index contributed by atoms with van der Waals surface area (Å²) < 4.78 is 19.0. The van der Waals surface area contributed by atoms with E-state index in [2.05, 4.69) is 5.32 Å². The predicted octanol–water partition coefficient (Wildman–Crippen LogP) is 2.13. The zero-order chi connectivity index (χ0) is 10.7. The summed E-state index contributed by atoms with van der Waals surface area (Å²) in [5.41, 5.74) is 0.743. The van der Waals surface area contributed by atoms with E-state index in [1.165, 1.54) is 6.07 Å². The molecule has 1 heterocycles. The van der Waals surface area contributed by atoms with E-state index in [1.54, 1.807) is 6.07 Å². The van der Waals surface area contributed by atoms with Crippen molar-refractivity contribution in [3.8, 4) is 5.75 Å². The minimum absolute atomic E-state index is 0.136. The lowest BCUT2D eigenvalue weighted by atomic mass is 10.1. The van der Waals surface area contributed by atoms with Crippen LogP contribution in [0.3, 0.4) is 0 Å². The zero-order valence-corrected chi connectivity index (χ0v) is 8.92. The minimum Gasteiger partial charge on any atom is -0.490 e. The molecule has 0 aliphatic carbocycles. The average Bonchev–Trinajstić information content (AvgIpc) is 2.63. The van der Waals surface area contributed by atoms with Crippen LogP contribution in [-0.2, 0) is 6.42 Å². The fourth-order valence-corrected chi connectivity index (χ4v) is 1.96. The molecule has 0 saturated heterocycles. The Kier molecular flexibility index (Phi) is 3.21. The van der Waals surface area contributed by atoms with Crippen molar-refractivity contribution in [2.45, 2.75) is 25.4 Å². The summed E-state index contributed by atoms with van der Waals surface area (Å²) in [5, 5.41) is 3.09. The lowest BCUT2D eigenvalue weighted by molar-refractivity contribution is 0.218. The molecule has 15 heavy (non-hydrogen) atoms. The van der Waals surface area contributed by atoms with Gasteiger partial charge in [-0.3, -0.25) is 0 Å². The Morgan fingerprint density at radius 2 is 2.40 bits per heavy atom. The number of nitrogens with one attached hydrogen (secondary N) is 1. The summed E-state index contributed by atoms with van der Waals surface area (Å²) in [5.74, 6) is 0.591. The molecular weight excluding hydrogens is 193 g/mol. The fourth-order valence-electron chi connectivity index (χ4n) is 1.96. The largest absolute Gasteiger partial charge is 0.490 e. The highest BCUT2D eigenvalue weighted by molar-refractivity contribution is 5.38. The van der Waals surface area contributed by atoms with Gasteiger partial charge in [0, 0.05) is 12.0 Å². The van der Waals surface area contributed by atoms with Crippen molar-refractivity contribution in [2.75, 3.05) is 13.6 Å². The monoisotopic (exact) mass is 209 g/mol. The van der Waals surface area contributed by atoms with E-state index >= 15 is 0 Å². The first kappa shape index (κ1) is 10.4. The molecule has 1 aliphatic heterocycles. The quantitative estimate of drug-likeness (QED) is 0.767. The maximum Gasteiger partial charge on any atom is 0.130 e. The van der Waals surface area contributed by atoms with E-state index in [1.807, 2.05) is 13.1 Å². The molecule has 0 spiro atoms. The van der Waals surface area contributed by atoms with E-state index in [4.69, 9.17) is 4.74 Å². The first-order valence-corrected chi connectivity index (χ1v) is 5.40. The summed E-state index contributed by atoms with van der Waals surface area (Å²) in [7, 11) is 1.93. The highest BCUT2D eigenvalue weighted by Gasteiger charge is 2.24. The number of hydrogen-bond donors (Lipinski definition) is 1. The maximum absolute atomic E-state index is 13.4. The zero-order valence-electron chi connectivity index (χ0n) is 8.92. The van der Waals surface area contributed by atoms with E-state index in [9.17, 15) is 4.39 Å². The van der Waals surface area contributed by atoms with Gasteiger partial charge in [0.05, 0.1) is 0 Å². The van der Waals surface area contributed by atoms with Crippen LogP contribution in [0.15, 0.2) is 18.2 Å². The second-order valence-corrected chi connectivity index (χ2v) is 3.91. The van der Waals surface area contributed by atoms with Crippen LogP contribution in [0.2, 0.25) is 0 Å². The Balaban J connectivity index is 1.94. The van der Waals surface area contributed by atoms with Gasteiger partial charge in [-0.2, -0.15) is 0 Å². The van der Waals surface area contributed by atoms with Gasteiger partial charge in [0.2, 0.25) is 0 Å². The molecule has 1 aromatic rings. The van der Waals surface area contributed by atoms with E-state index < -0.39 is 0 Å². The van der Waals surface area contributed by atoms with Crippen LogP contribution in [0, 0.1) is 5.82 Å². The third kappa shape index (κ3) is 2.29. The molecule has 1 unspecified atom stereocenters. The molecule has 2 nitrogen and oxygen atoms in total. The topological polar surface area (TPSA) is 21.3 Å². The molecular formula is C12H16FNO. The highest BCUT2D eigenvalue weighted by atomic mass is 19.1. The Morgan fingerprint density at radius 1 is 1.53 bits per heavy atom. The van der Waals surface area contributed by atoms with Crippen molar-refractivity contribution in [3.63, 3.8) is 0 Å². The Hall–Kier alpha value is -1.09. The van der Waals surface area contributed by atoms with Crippen molar-refractivity contribution in [1.29, 1.82) is 0 Å². The van der Waals surface area contributed by atoms with Crippen LogP contribution in [0.5, 0.6) is 5.75 Å². The van der Waals surface area contributed by atoms with E-state index in [-0.39, 0.29) is 11.9 Å². The first-order chi connectivity index (χ1) is 7.31. The molecule has 1 aromatic carbocycles. The van der Waals surface area contributed by atoms with Gasteiger partial charge >= 0.3 is 0 Å². The van der Waals surface area contributed by atoms with Gasteiger partial charge in [-0.15, -0.1) is 0 Å². The van der Waals surface area contributed by atoms with Crippen LogP contribution in [0.4, 0.5) is 4.39 Å². The second-order valence-electron chi connectivity index (χ2n) is 3.91. The summed E-state index contributed by atoms with van der Waals surface area (Å²) >= 11 is 0. The van der Waals surface area contributed by atoms with Gasteiger partial charge in [0.25, 0.3) is 0 Å². The molecule has 82 valence electrons. The van der Waals surface area contributed by atoms with Crippen molar-refractivity contribution in [1.82, 2.24) is 5.32 Å². The molecule has 0 aromatic heterocycles. The molecule has 0 bridgehead atoms. The van der Waals surface area contributed by atoms with Crippen LogP contribution in [-0.4, -0.2) is 19.7 Å². The van der Waals surface area contributed by atoms with Crippen molar-refractivity contribution >= 4 is 0 Å². The third-order valence-corrected chi connectivity index (χ3v) is 2.75. The van der Waals surface area contributed by atoms with Gasteiger partial charge < -0.3 is 10.1 Å². The third-order valence-electron chi connectivity index (χ3n) is 2.75. The number of fused-ring (bicyclic) bond motifs is 1. The molecule has 2 rings (SSSR count). The summed E-state index contributed by atoms with van der Waals surface area (Å²) in [4.78, 5) is 0. The lowest BCUT2D eigenvalue weighted by Crippen LogP contribution is -2.16. The van der Waals surface area contributed by atoms with Gasteiger partial charge in [0.15, 0.2) is 0 Å². The SMILES string of the molecule is CNCCCC1Cc2c(F)cccc2O1. The van der Waals surface area contributed by atoms with Gasteiger partial charge in [-0.25, -0.2) is 4.39 Å². The highest BCUT2D eigenvalue weighted by Crippen LogP contribution is 2.31. The van der Waals surface area contributed by atoms with E-state index in [0.717, 1.165) is 30.7 Å². The number of hydrogen-bond acceptors (Lipinski definition) is 2. The number of halogens is 1. The number of rotatable bonds is 4. The Morgan fingerprint density at radius 3 is 3.13 bits per heavy atom. The van der Waals surface area contributed by atoms with Crippen molar-refractivity contribution in [2.24, 2.45) is 0 Å². The van der Waals surface area contributed by atoms with Crippen molar-refractivity contribution < 1.29 is 9.13 Å². The second kappa shape index (κ2) is 4.62. The van der Waals surface area contributed by atoms with Crippen LogP contribution in [0.1, 0.15) is 18.4 Å². The summed E-state index contributed by atoms with van der Waals surface area (Å²) in [6, 6.07) is 5.04. The molecule has 0 amide bonds. The summed E-state index contributed by atoms with van der Waals surface area (Å²) in [6.07, 6.45) is 2.92.